The first-order valence-corrected chi connectivity index (χ1v) is 7.12. The van der Waals surface area contributed by atoms with Gasteiger partial charge < -0.3 is 14.7 Å². The van der Waals surface area contributed by atoms with Gasteiger partial charge in [-0.05, 0) is 38.0 Å². The van der Waals surface area contributed by atoms with Crippen molar-refractivity contribution < 1.29 is 9.84 Å². The van der Waals surface area contributed by atoms with E-state index in [-0.39, 0.29) is 0 Å². The standard InChI is InChI=1S/C15H24ClNO2/c1-5-11(2)17(8-9-19-4)13-6-7-14(12(3)18)15(16)10-13/h6-7,10-12,18H,5,8-9H2,1-4H3. The maximum atomic E-state index is 9.61. The van der Waals surface area contributed by atoms with Crippen molar-refractivity contribution in [2.24, 2.45) is 0 Å². The Kier molecular flexibility index (Phi) is 6.63. The molecule has 3 nitrogen and oxygen atoms in total. The molecule has 2 unspecified atom stereocenters. The number of hydrogen-bond acceptors (Lipinski definition) is 3. The summed E-state index contributed by atoms with van der Waals surface area (Å²) in [7, 11) is 1.71. The van der Waals surface area contributed by atoms with E-state index in [9.17, 15) is 5.11 Å². The second-order valence-electron chi connectivity index (χ2n) is 4.83. The van der Waals surface area contributed by atoms with Gasteiger partial charge in [-0.15, -0.1) is 0 Å². The van der Waals surface area contributed by atoms with Crippen LogP contribution >= 0.6 is 11.6 Å². The maximum Gasteiger partial charge on any atom is 0.0776 e. The molecule has 0 aliphatic carbocycles. The molecule has 0 aromatic heterocycles. The summed E-state index contributed by atoms with van der Waals surface area (Å²) in [4.78, 5) is 2.28. The first-order chi connectivity index (χ1) is 9.01. The molecule has 0 bridgehead atoms. The van der Waals surface area contributed by atoms with Crippen LogP contribution in [0.15, 0.2) is 18.2 Å². The largest absolute Gasteiger partial charge is 0.389 e. The van der Waals surface area contributed by atoms with Crippen LogP contribution in [0.25, 0.3) is 0 Å². The van der Waals surface area contributed by atoms with Gasteiger partial charge in [0.05, 0.1) is 12.7 Å². The molecule has 0 heterocycles. The highest BCUT2D eigenvalue weighted by Crippen LogP contribution is 2.29. The first-order valence-electron chi connectivity index (χ1n) is 6.74. The Morgan fingerprint density at radius 2 is 2.05 bits per heavy atom. The highest BCUT2D eigenvalue weighted by atomic mass is 35.5. The zero-order chi connectivity index (χ0) is 14.4. The fourth-order valence-electron chi connectivity index (χ4n) is 2.05. The monoisotopic (exact) mass is 285 g/mol. The maximum absolute atomic E-state index is 9.61. The second kappa shape index (κ2) is 7.73. The van der Waals surface area contributed by atoms with Gasteiger partial charge in [0, 0.05) is 30.4 Å². The third-order valence-corrected chi connectivity index (χ3v) is 3.75. The fraction of sp³-hybridized carbons (Fsp3) is 0.600. The molecule has 0 amide bonds. The third-order valence-electron chi connectivity index (χ3n) is 3.42. The van der Waals surface area contributed by atoms with Crippen LogP contribution in [-0.4, -0.2) is 31.4 Å². The number of hydrogen-bond donors (Lipinski definition) is 1. The molecule has 19 heavy (non-hydrogen) atoms. The molecular formula is C15H24ClNO2. The Bertz CT molecular complexity index is 396. The topological polar surface area (TPSA) is 32.7 Å². The zero-order valence-electron chi connectivity index (χ0n) is 12.2. The van der Waals surface area contributed by atoms with E-state index in [1.165, 1.54) is 0 Å². The molecular weight excluding hydrogens is 262 g/mol. The van der Waals surface area contributed by atoms with Gasteiger partial charge in [0.1, 0.15) is 0 Å². The predicted molar refractivity (Wildman–Crippen MR) is 81.1 cm³/mol. The van der Waals surface area contributed by atoms with Crippen LogP contribution in [0.1, 0.15) is 38.9 Å². The summed E-state index contributed by atoms with van der Waals surface area (Å²) in [6.07, 6.45) is 0.511. The van der Waals surface area contributed by atoms with E-state index >= 15 is 0 Å². The minimum Gasteiger partial charge on any atom is -0.389 e. The summed E-state index contributed by atoms with van der Waals surface area (Å²) in [5.41, 5.74) is 1.84. The molecule has 1 aromatic carbocycles. The van der Waals surface area contributed by atoms with Crippen molar-refractivity contribution in [2.45, 2.75) is 39.3 Å². The van der Waals surface area contributed by atoms with E-state index in [1.54, 1.807) is 14.0 Å². The summed E-state index contributed by atoms with van der Waals surface area (Å²) in [5.74, 6) is 0. The van der Waals surface area contributed by atoms with Gasteiger partial charge in [-0.25, -0.2) is 0 Å². The van der Waals surface area contributed by atoms with Crippen LogP contribution in [0.5, 0.6) is 0 Å². The summed E-state index contributed by atoms with van der Waals surface area (Å²) >= 11 is 6.23. The third kappa shape index (κ3) is 4.37. The molecule has 1 aromatic rings. The number of methoxy groups -OCH3 is 1. The lowest BCUT2D eigenvalue weighted by atomic mass is 10.1. The van der Waals surface area contributed by atoms with Crippen molar-refractivity contribution in [3.8, 4) is 0 Å². The van der Waals surface area contributed by atoms with E-state index in [4.69, 9.17) is 16.3 Å². The average molecular weight is 286 g/mol. The van der Waals surface area contributed by atoms with Crippen molar-refractivity contribution >= 4 is 17.3 Å². The van der Waals surface area contributed by atoms with Crippen molar-refractivity contribution in [3.63, 3.8) is 0 Å². The van der Waals surface area contributed by atoms with Gasteiger partial charge >= 0.3 is 0 Å². The molecule has 108 valence electrons. The molecule has 0 radical (unpaired) electrons. The average Bonchev–Trinajstić information content (AvgIpc) is 2.38. The number of benzene rings is 1. The molecule has 0 saturated heterocycles. The number of aliphatic hydroxyl groups is 1. The summed E-state index contributed by atoms with van der Waals surface area (Å²) in [5, 5.41) is 10.2. The van der Waals surface area contributed by atoms with Crippen molar-refractivity contribution in [3.05, 3.63) is 28.8 Å². The first kappa shape index (κ1) is 16.3. The van der Waals surface area contributed by atoms with Crippen LogP contribution in [0.3, 0.4) is 0 Å². The van der Waals surface area contributed by atoms with Gasteiger partial charge in [0.2, 0.25) is 0 Å². The van der Waals surface area contributed by atoms with Gasteiger partial charge in [-0.1, -0.05) is 24.6 Å². The summed E-state index contributed by atoms with van der Waals surface area (Å²) in [6.45, 7) is 7.58. The Balaban J connectivity index is 2.99. The molecule has 0 spiro atoms. The Labute approximate surface area is 121 Å². The predicted octanol–water partition coefficient (Wildman–Crippen LogP) is 3.64. The van der Waals surface area contributed by atoms with Gasteiger partial charge in [-0.3, -0.25) is 0 Å². The van der Waals surface area contributed by atoms with E-state index < -0.39 is 6.10 Å². The van der Waals surface area contributed by atoms with E-state index in [0.717, 1.165) is 24.2 Å². The summed E-state index contributed by atoms with van der Waals surface area (Å²) < 4.78 is 5.17. The van der Waals surface area contributed by atoms with E-state index in [1.807, 2.05) is 18.2 Å². The van der Waals surface area contributed by atoms with E-state index in [2.05, 4.69) is 18.7 Å². The van der Waals surface area contributed by atoms with Crippen molar-refractivity contribution in [2.75, 3.05) is 25.2 Å². The van der Waals surface area contributed by atoms with Crippen molar-refractivity contribution in [1.29, 1.82) is 0 Å². The number of nitrogens with zero attached hydrogens (tertiary/aromatic N) is 1. The summed E-state index contributed by atoms with van der Waals surface area (Å²) in [6, 6.07) is 6.25. The number of anilines is 1. The quantitative estimate of drug-likeness (QED) is 0.830. The molecule has 0 saturated carbocycles. The molecule has 0 aliphatic rings. The highest BCUT2D eigenvalue weighted by molar-refractivity contribution is 6.31. The molecule has 0 fully saturated rings. The molecule has 4 heteroatoms. The van der Waals surface area contributed by atoms with Crippen LogP contribution < -0.4 is 4.90 Å². The minimum atomic E-state index is -0.544. The van der Waals surface area contributed by atoms with Crippen LogP contribution in [0.2, 0.25) is 5.02 Å². The number of halogens is 1. The van der Waals surface area contributed by atoms with Crippen molar-refractivity contribution in [1.82, 2.24) is 0 Å². The van der Waals surface area contributed by atoms with Crippen LogP contribution in [0.4, 0.5) is 5.69 Å². The molecule has 2 atom stereocenters. The Morgan fingerprint density at radius 3 is 2.53 bits per heavy atom. The highest BCUT2D eigenvalue weighted by Gasteiger charge is 2.15. The number of rotatable bonds is 7. The Hall–Kier alpha value is -0.770. The van der Waals surface area contributed by atoms with Gasteiger partial charge in [-0.2, -0.15) is 0 Å². The second-order valence-corrected chi connectivity index (χ2v) is 5.23. The lowest BCUT2D eigenvalue weighted by molar-refractivity contribution is 0.199. The lowest BCUT2D eigenvalue weighted by Gasteiger charge is -2.31. The normalized spacial score (nSPS) is 14.2. The minimum absolute atomic E-state index is 0.420. The fourth-order valence-corrected chi connectivity index (χ4v) is 2.38. The number of ether oxygens (including phenoxy) is 1. The van der Waals surface area contributed by atoms with Crippen LogP contribution in [-0.2, 0) is 4.74 Å². The lowest BCUT2D eigenvalue weighted by Crippen LogP contribution is -2.35. The molecule has 1 N–H and O–H groups in total. The zero-order valence-corrected chi connectivity index (χ0v) is 12.9. The van der Waals surface area contributed by atoms with Gasteiger partial charge in [0.25, 0.3) is 0 Å². The smallest absolute Gasteiger partial charge is 0.0776 e. The molecule has 1 rings (SSSR count). The van der Waals surface area contributed by atoms with E-state index in [0.29, 0.717) is 17.7 Å². The number of aliphatic hydroxyl groups excluding tert-OH is 1. The SMILES string of the molecule is CCC(C)N(CCOC)c1ccc(C(C)O)c(Cl)c1. The molecule has 0 aliphatic heterocycles. The van der Waals surface area contributed by atoms with Crippen LogP contribution in [0, 0.1) is 0 Å². The Morgan fingerprint density at radius 1 is 1.37 bits per heavy atom. The van der Waals surface area contributed by atoms with Gasteiger partial charge in [0.15, 0.2) is 0 Å².